The third-order valence-electron chi connectivity index (χ3n) is 4.84. The van der Waals surface area contributed by atoms with Gasteiger partial charge in [-0.25, -0.2) is 16.8 Å². The van der Waals surface area contributed by atoms with Gasteiger partial charge in [0.1, 0.15) is 9.84 Å². The summed E-state index contributed by atoms with van der Waals surface area (Å²) in [7, 11) is -0.983. The molecule has 1 aromatic carbocycles. The van der Waals surface area contributed by atoms with E-state index in [1.807, 2.05) is 0 Å². The number of amides is 1. The van der Waals surface area contributed by atoms with Crippen molar-refractivity contribution in [1.82, 2.24) is 20.3 Å². The second-order valence-electron chi connectivity index (χ2n) is 8.07. The molecule has 0 heterocycles. The van der Waals surface area contributed by atoms with Gasteiger partial charge in [-0.3, -0.25) is 0 Å². The third kappa shape index (κ3) is 12.3. The molecule has 0 aliphatic heterocycles. The van der Waals surface area contributed by atoms with Crippen LogP contribution in [-0.4, -0.2) is 103 Å². The summed E-state index contributed by atoms with van der Waals surface area (Å²) in [6.45, 7) is 0.139. The Hall–Kier alpha value is -2.33. The molecule has 195 valence electrons. The number of nitrogens with one attached hydrogen (secondary N) is 3. The number of aliphatic hydroxyl groups is 1. The fourth-order valence-electron chi connectivity index (χ4n) is 3.08. The van der Waals surface area contributed by atoms with E-state index in [1.165, 1.54) is 31.3 Å². The number of aliphatic hydroxyl groups excluding tert-OH is 1. The van der Waals surface area contributed by atoms with Crippen LogP contribution in [0.1, 0.15) is 19.3 Å². The topological polar surface area (TPSA) is 188 Å². The molecule has 15 heteroatoms. The van der Waals surface area contributed by atoms with Crippen molar-refractivity contribution in [3.05, 3.63) is 30.3 Å². The van der Waals surface area contributed by atoms with Crippen LogP contribution < -0.4 is 21.1 Å². The zero-order valence-electron chi connectivity index (χ0n) is 19.8. The molecule has 0 saturated heterocycles. The molecule has 1 radical (unpaired) electrons. The Kier molecular flexibility index (Phi) is 12.5. The Balaban J connectivity index is 2.84. The molecular formula is C20H33BN5O7S2. The molecule has 12 nitrogen and oxygen atoms in total. The number of likely N-dealkylation sites (N-methyl/N-ethyl adjacent to an activating group) is 1. The normalized spacial score (nSPS) is 14.5. The van der Waals surface area contributed by atoms with Crippen LogP contribution in [0.15, 0.2) is 35.2 Å². The van der Waals surface area contributed by atoms with Crippen LogP contribution in [0.5, 0.6) is 0 Å². The zero-order valence-corrected chi connectivity index (χ0v) is 21.4. The first-order valence-corrected chi connectivity index (χ1v) is 14.3. The second kappa shape index (κ2) is 14.3. The first kappa shape index (κ1) is 30.7. The minimum atomic E-state index is -4.12. The molecule has 0 fully saturated rings. The van der Waals surface area contributed by atoms with Gasteiger partial charge < -0.3 is 0 Å². The fourth-order valence-corrected chi connectivity index (χ4v) is 4.99. The van der Waals surface area contributed by atoms with Gasteiger partial charge in [-0.05, 0) is 18.6 Å². The van der Waals surface area contributed by atoms with Gasteiger partial charge in [0.25, 0.3) is 0 Å². The molecule has 35 heavy (non-hydrogen) atoms. The number of sulfone groups is 1. The Bertz CT molecular complexity index is 1050. The maximum absolute atomic E-state index is 13.0. The second-order valence-corrected chi connectivity index (χ2v) is 12.0. The van der Waals surface area contributed by atoms with Crippen molar-refractivity contribution >= 4 is 45.3 Å². The minimum absolute atomic E-state index is 0.0501. The van der Waals surface area contributed by atoms with Gasteiger partial charge in [0, 0.05) is 6.26 Å². The number of benzene rings is 1. The van der Waals surface area contributed by atoms with Crippen LogP contribution >= 0.6 is 0 Å². The van der Waals surface area contributed by atoms with Crippen molar-refractivity contribution in [2.75, 3.05) is 32.1 Å². The molecule has 1 aromatic rings. The van der Waals surface area contributed by atoms with E-state index in [2.05, 4.69) is 15.4 Å². The number of rotatable bonds is 17. The van der Waals surface area contributed by atoms with Gasteiger partial charge >= 0.3 is 113 Å². The molecule has 0 bridgehead atoms. The van der Waals surface area contributed by atoms with Crippen LogP contribution in [0.4, 0.5) is 0 Å². The molecule has 1 rings (SSSR count). The van der Waals surface area contributed by atoms with Gasteiger partial charge in [-0.2, -0.15) is 4.72 Å². The summed E-state index contributed by atoms with van der Waals surface area (Å²) in [5, 5.41) is 15.7. The van der Waals surface area contributed by atoms with Gasteiger partial charge in [0.2, 0.25) is 10.0 Å². The molecular weight excluding hydrogens is 497 g/mol. The summed E-state index contributed by atoms with van der Waals surface area (Å²) >= 11 is 0. The standard InChI is InChI=1S/C20H33BN5O7S2/c1-26(13-18(28)24-15(14-27)7-6-11-23-20(21)22)19(29)17(10-12-34(2,30)31)25-35(32,33)16-8-4-3-5-9-16/h3-5,8-9,14-15,17-18,23-25,28H,6-7,10-13,22H2,1-2H3. The first-order valence-electron chi connectivity index (χ1n) is 10.8. The van der Waals surface area contributed by atoms with E-state index < -0.39 is 49.8 Å². The van der Waals surface area contributed by atoms with Gasteiger partial charge in [0.05, 0.1) is 10.6 Å². The average molecular weight is 530 g/mol. The predicted molar refractivity (Wildman–Crippen MR) is 134 cm³/mol. The molecule has 6 N–H and O–H groups in total. The van der Waals surface area contributed by atoms with Crippen molar-refractivity contribution in [2.24, 2.45) is 5.73 Å². The number of aldehydes is 1. The smallest absolute Gasteiger partial charge is 0.229 e. The summed E-state index contributed by atoms with van der Waals surface area (Å²) in [6.07, 6.45) is 0.857. The predicted octanol–water partition coefficient (Wildman–Crippen LogP) is -2.71. The van der Waals surface area contributed by atoms with Crippen LogP contribution in [-0.2, 0) is 29.4 Å². The van der Waals surface area contributed by atoms with E-state index in [0.717, 1.165) is 11.2 Å². The molecule has 0 saturated carbocycles. The van der Waals surface area contributed by atoms with Crippen molar-refractivity contribution < 1.29 is 31.5 Å². The fraction of sp³-hybridized carbons (Fsp3) is 0.550. The van der Waals surface area contributed by atoms with E-state index >= 15 is 0 Å². The summed E-state index contributed by atoms with van der Waals surface area (Å²) in [4.78, 5) is 25.3. The van der Waals surface area contributed by atoms with Gasteiger partial charge in [-0.15, -0.1) is 0 Å². The van der Waals surface area contributed by atoms with E-state index in [4.69, 9.17) is 13.2 Å². The molecule has 3 unspecified atom stereocenters. The molecule has 0 aliphatic rings. The summed E-state index contributed by atoms with van der Waals surface area (Å²) in [5.41, 5.74) is 5.34. The van der Waals surface area contributed by atoms with E-state index in [1.54, 1.807) is 6.07 Å². The van der Waals surface area contributed by atoms with Crippen molar-refractivity contribution in [1.29, 1.82) is 0 Å². The third-order valence-corrected chi connectivity index (χ3v) is 7.31. The van der Waals surface area contributed by atoms with Gasteiger partial charge in [0.15, 0.2) is 0 Å². The molecule has 0 spiro atoms. The zero-order chi connectivity index (χ0) is 26.6. The van der Waals surface area contributed by atoms with E-state index in [-0.39, 0.29) is 23.6 Å². The Morgan fingerprint density at radius 3 is 2.37 bits per heavy atom. The van der Waals surface area contributed by atoms with E-state index in [0.29, 0.717) is 25.7 Å². The first-order chi connectivity index (χ1) is 16.2. The summed E-state index contributed by atoms with van der Waals surface area (Å²) < 4.78 is 51.0. The number of carbonyl (C=O) groups excluding carboxylic acids is 2. The van der Waals surface area contributed by atoms with Crippen LogP contribution in [0.2, 0.25) is 0 Å². The molecule has 0 aromatic heterocycles. The van der Waals surface area contributed by atoms with E-state index in [9.17, 15) is 31.5 Å². The number of sulfonamides is 1. The Morgan fingerprint density at radius 2 is 1.83 bits per heavy atom. The van der Waals surface area contributed by atoms with Crippen LogP contribution in [0.25, 0.3) is 0 Å². The number of carbonyl (C=O) groups is 2. The van der Waals surface area contributed by atoms with Crippen molar-refractivity contribution in [2.45, 2.75) is 42.5 Å². The Labute approximate surface area is 207 Å². The Morgan fingerprint density at radius 1 is 1.20 bits per heavy atom. The number of nitrogens with zero attached hydrogens (tertiary/aromatic N) is 1. The monoisotopic (exact) mass is 530 g/mol. The summed E-state index contributed by atoms with van der Waals surface area (Å²) in [5.74, 6) is -1.17. The number of hydrogen-bond acceptors (Lipinski definition) is 10. The van der Waals surface area contributed by atoms with Crippen LogP contribution in [0, 0.1) is 0 Å². The molecule has 3 atom stereocenters. The SMILES string of the molecule is [B]=C(N)NCCCC(C=O)NC(O)CN(C)C(=O)C(CCS(C)(=O)=O)NS(=O)(=O)c1ccccc1. The quantitative estimate of drug-likeness (QED) is 0.0613. The number of hydrogen-bond donors (Lipinski definition) is 5. The molecule has 0 aliphatic carbocycles. The van der Waals surface area contributed by atoms with Gasteiger partial charge in [-0.1, -0.05) is 18.2 Å². The molecule has 1 amide bonds. The van der Waals surface area contributed by atoms with Crippen LogP contribution in [0.3, 0.4) is 0 Å². The average Bonchev–Trinajstić information content (AvgIpc) is 2.77. The van der Waals surface area contributed by atoms with Crippen molar-refractivity contribution in [3.63, 3.8) is 0 Å². The summed E-state index contributed by atoms with van der Waals surface area (Å²) in [6, 6.07) is 5.23. The van der Waals surface area contributed by atoms with Crippen molar-refractivity contribution in [3.8, 4) is 0 Å². The number of nitrogens with two attached hydrogens (primary N) is 1. The minimum Gasteiger partial charge on any atom is -0.229 e. The maximum atomic E-state index is 13.0.